The van der Waals surface area contributed by atoms with Crippen LogP contribution in [-0.4, -0.2) is 7.11 Å². The maximum Gasteiger partial charge on any atom is 0.180 e. The van der Waals surface area contributed by atoms with Gasteiger partial charge in [0.15, 0.2) is 11.5 Å². The zero-order valence-electron chi connectivity index (χ0n) is 15.9. The van der Waals surface area contributed by atoms with E-state index < -0.39 is 5.82 Å². The molecular weight excluding hydrogens is 436 g/mol. The highest BCUT2D eigenvalue weighted by Gasteiger charge is 2.15. The third kappa shape index (κ3) is 5.27. The first-order valence-corrected chi connectivity index (χ1v) is 9.94. The van der Waals surface area contributed by atoms with E-state index in [1.54, 1.807) is 12.1 Å². The number of benzene rings is 3. The molecule has 0 aliphatic heterocycles. The van der Waals surface area contributed by atoms with E-state index >= 15 is 0 Å². The van der Waals surface area contributed by atoms with Crippen LogP contribution in [-0.2, 0) is 13.2 Å². The van der Waals surface area contributed by atoms with Crippen molar-refractivity contribution in [2.24, 2.45) is 0 Å². The van der Waals surface area contributed by atoms with Crippen LogP contribution in [0.1, 0.15) is 16.7 Å². The van der Waals surface area contributed by atoms with Crippen LogP contribution < -0.4 is 14.8 Å². The molecule has 0 amide bonds. The Morgan fingerprint density at radius 1 is 0.966 bits per heavy atom. The van der Waals surface area contributed by atoms with E-state index in [0.717, 1.165) is 16.8 Å². The van der Waals surface area contributed by atoms with Crippen LogP contribution in [0.15, 0.2) is 48.5 Å². The summed E-state index contributed by atoms with van der Waals surface area (Å²) in [4.78, 5) is 0. The van der Waals surface area contributed by atoms with Crippen molar-refractivity contribution in [2.75, 3.05) is 12.4 Å². The third-order valence-corrected chi connectivity index (χ3v) is 5.42. The molecule has 0 aromatic heterocycles. The van der Waals surface area contributed by atoms with Crippen molar-refractivity contribution in [3.05, 3.63) is 86.1 Å². The fourth-order valence-corrected chi connectivity index (χ4v) is 3.42. The van der Waals surface area contributed by atoms with Gasteiger partial charge >= 0.3 is 0 Å². The third-order valence-electron chi connectivity index (χ3n) is 4.38. The molecule has 152 valence electrons. The van der Waals surface area contributed by atoms with Gasteiger partial charge in [-0.1, -0.05) is 46.9 Å². The van der Waals surface area contributed by atoms with Crippen molar-refractivity contribution in [2.45, 2.75) is 20.1 Å². The summed E-state index contributed by atoms with van der Waals surface area (Å²) in [6.07, 6.45) is 0. The molecule has 0 radical (unpaired) electrons. The van der Waals surface area contributed by atoms with Crippen molar-refractivity contribution in [3.8, 4) is 11.5 Å². The summed E-state index contributed by atoms with van der Waals surface area (Å²) in [5, 5.41) is 4.64. The molecule has 3 rings (SSSR count). The quantitative estimate of drug-likeness (QED) is 0.406. The molecule has 0 atom stereocenters. The lowest BCUT2D eigenvalue weighted by Gasteiger charge is -2.16. The van der Waals surface area contributed by atoms with Gasteiger partial charge < -0.3 is 14.8 Å². The molecule has 0 bridgehead atoms. The second-order valence-electron chi connectivity index (χ2n) is 6.42. The van der Waals surface area contributed by atoms with E-state index in [1.807, 2.05) is 31.2 Å². The largest absolute Gasteiger partial charge is 0.493 e. The molecule has 0 aliphatic rings. The summed E-state index contributed by atoms with van der Waals surface area (Å²) < 4.78 is 25.1. The Hall–Kier alpha value is -2.14. The Kier molecular flexibility index (Phi) is 7.12. The summed E-state index contributed by atoms with van der Waals surface area (Å²) in [6, 6.07) is 13.8. The minimum absolute atomic E-state index is 0.0684. The molecule has 3 nitrogen and oxygen atoms in total. The summed E-state index contributed by atoms with van der Waals surface area (Å²) >= 11 is 18.6. The van der Waals surface area contributed by atoms with Crippen LogP contribution >= 0.6 is 34.8 Å². The zero-order valence-corrected chi connectivity index (χ0v) is 18.1. The van der Waals surface area contributed by atoms with Crippen LogP contribution in [0.25, 0.3) is 0 Å². The van der Waals surface area contributed by atoms with Crippen molar-refractivity contribution >= 4 is 40.5 Å². The molecule has 1 N–H and O–H groups in total. The Morgan fingerprint density at radius 2 is 1.76 bits per heavy atom. The minimum atomic E-state index is -0.440. The molecular formula is C22H19Cl3FNO2. The van der Waals surface area contributed by atoms with Gasteiger partial charge in [0, 0.05) is 22.8 Å². The molecule has 0 fully saturated rings. The molecule has 0 heterocycles. The van der Waals surface area contributed by atoms with Crippen molar-refractivity contribution < 1.29 is 13.9 Å². The van der Waals surface area contributed by atoms with Crippen LogP contribution in [0.4, 0.5) is 10.1 Å². The van der Waals surface area contributed by atoms with Crippen LogP contribution in [0.3, 0.4) is 0 Å². The number of ether oxygens (including phenoxy) is 2. The number of nitrogens with one attached hydrogen (secondary N) is 1. The van der Waals surface area contributed by atoms with Crippen LogP contribution in [0.2, 0.25) is 15.1 Å². The van der Waals surface area contributed by atoms with Crippen LogP contribution in [0.5, 0.6) is 11.5 Å². The van der Waals surface area contributed by atoms with Gasteiger partial charge in [-0.25, -0.2) is 4.39 Å². The van der Waals surface area contributed by atoms with Gasteiger partial charge in [-0.2, -0.15) is 0 Å². The Labute approximate surface area is 184 Å². The van der Waals surface area contributed by atoms with Gasteiger partial charge in [0.25, 0.3) is 0 Å². The fraction of sp³-hybridized carbons (Fsp3) is 0.182. The summed E-state index contributed by atoms with van der Waals surface area (Å²) in [7, 11) is 1.52. The number of aryl methyl sites for hydroxylation is 1. The highest BCUT2D eigenvalue weighted by molar-refractivity contribution is 6.32. The first kappa shape index (κ1) is 21.6. The minimum Gasteiger partial charge on any atom is -0.493 e. The number of rotatable bonds is 7. The fourth-order valence-electron chi connectivity index (χ4n) is 2.74. The monoisotopic (exact) mass is 453 g/mol. The average Bonchev–Trinajstić information content (AvgIpc) is 2.69. The lowest BCUT2D eigenvalue weighted by molar-refractivity contribution is 0.280. The van der Waals surface area contributed by atoms with Crippen molar-refractivity contribution in [3.63, 3.8) is 0 Å². The molecule has 0 saturated heterocycles. The predicted octanol–water partition coefficient (Wildman–Crippen LogP) is 7.29. The van der Waals surface area contributed by atoms with E-state index in [2.05, 4.69) is 5.32 Å². The molecule has 3 aromatic rings. The van der Waals surface area contributed by atoms with Crippen LogP contribution in [0, 0.1) is 12.7 Å². The molecule has 29 heavy (non-hydrogen) atoms. The highest BCUT2D eigenvalue weighted by atomic mass is 35.5. The number of hydrogen-bond acceptors (Lipinski definition) is 3. The first-order chi connectivity index (χ1) is 13.9. The maximum absolute atomic E-state index is 14.0. The van der Waals surface area contributed by atoms with E-state index in [1.165, 1.54) is 19.2 Å². The van der Waals surface area contributed by atoms with Gasteiger partial charge in [-0.05, 0) is 54.4 Å². The first-order valence-electron chi connectivity index (χ1n) is 8.81. The topological polar surface area (TPSA) is 30.5 Å². The second kappa shape index (κ2) is 9.57. The van der Waals surface area contributed by atoms with E-state index in [9.17, 15) is 4.39 Å². The lowest BCUT2D eigenvalue weighted by Crippen LogP contribution is -2.04. The average molecular weight is 455 g/mol. The number of halogens is 4. The van der Waals surface area contributed by atoms with Gasteiger partial charge in [-0.3, -0.25) is 0 Å². The SMILES string of the molecule is COc1cc(CNc2ccc(C)c(Cl)c2)cc(Cl)c1OCc1c(F)cccc1Cl. The predicted molar refractivity (Wildman–Crippen MR) is 117 cm³/mol. The zero-order chi connectivity index (χ0) is 21.0. The standard InChI is InChI=1S/C22H19Cl3FNO2/c1-13-6-7-15(10-18(13)24)27-11-14-8-19(25)22(21(9-14)28-2)29-12-16-17(23)4-3-5-20(16)26/h3-10,27H,11-12H2,1-2H3. The number of anilines is 1. The molecule has 3 aromatic carbocycles. The van der Waals surface area contributed by atoms with Gasteiger partial charge in [0.2, 0.25) is 0 Å². The van der Waals surface area contributed by atoms with E-state index in [4.69, 9.17) is 44.3 Å². The summed E-state index contributed by atoms with van der Waals surface area (Å²) in [5.41, 5.74) is 3.05. The summed E-state index contributed by atoms with van der Waals surface area (Å²) in [6.45, 7) is 2.39. The molecule has 0 spiro atoms. The second-order valence-corrected chi connectivity index (χ2v) is 7.64. The smallest absolute Gasteiger partial charge is 0.180 e. The van der Waals surface area contributed by atoms with Crippen molar-refractivity contribution in [1.82, 2.24) is 0 Å². The van der Waals surface area contributed by atoms with Gasteiger partial charge in [-0.15, -0.1) is 0 Å². The van der Waals surface area contributed by atoms with Gasteiger partial charge in [0.05, 0.1) is 17.2 Å². The maximum atomic E-state index is 14.0. The van der Waals surface area contributed by atoms with Gasteiger partial charge in [0.1, 0.15) is 12.4 Å². The van der Waals surface area contributed by atoms with E-state index in [-0.39, 0.29) is 17.2 Å². The number of methoxy groups -OCH3 is 1. The Morgan fingerprint density at radius 3 is 2.45 bits per heavy atom. The Bertz CT molecular complexity index is 1010. The van der Waals surface area contributed by atoms with E-state index in [0.29, 0.717) is 28.1 Å². The molecule has 7 heteroatoms. The lowest BCUT2D eigenvalue weighted by atomic mass is 10.1. The normalized spacial score (nSPS) is 10.7. The van der Waals surface area contributed by atoms with Crippen molar-refractivity contribution in [1.29, 1.82) is 0 Å². The highest BCUT2D eigenvalue weighted by Crippen LogP contribution is 2.37. The molecule has 0 aliphatic carbocycles. The summed E-state index contributed by atoms with van der Waals surface area (Å²) in [5.74, 6) is 0.337. The molecule has 0 saturated carbocycles. The molecule has 0 unspecified atom stereocenters. The Balaban J connectivity index is 1.75. The number of hydrogen-bond donors (Lipinski definition) is 1.